The molecule has 0 unspecified atom stereocenters. The molecule has 0 aromatic carbocycles. The predicted molar refractivity (Wildman–Crippen MR) is 76.3 cm³/mol. The number of carbonyl (C=O) groups excluding carboxylic acids is 2. The maximum absolute atomic E-state index is 12.3. The summed E-state index contributed by atoms with van der Waals surface area (Å²) in [4.78, 5) is 25.6. The normalized spacial score (nSPS) is 25.8. The highest BCUT2D eigenvalue weighted by atomic mass is 16.5. The lowest BCUT2D eigenvalue weighted by Crippen LogP contribution is -2.50. The van der Waals surface area contributed by atoms with Crippen LogP contribution in [-0.2, 0) is 9.53 Å². The van der Waals surface area contributed by atoms with Crippen molar-refractivity contribution in [1.82, 2.24) is 10.2 Å². The van der Waals surface area contributed by atoms with Crippen LogP contribution in [0.15, 0.2) is 0 Å². The summed E-state index contributed by atoms with van der Waals surface area (Å²) in [6.45, 7) is 3.38. The van der Waals surface area contributed by atoms with Gasteiger partial charge in [0, 0.05) is 25.6 Å². The molecule has 2 amide bonds. The highest BCUT2D eigenvalue weighted by Gasteiger charge is 2.35. The molecule has 0 bridgehead atoms. The lowest BCUT2D eigenvalue weighted by molar-refractivity contribution is -0.137. The van der Waals surface area contributed by atoms with Gasteiger partial charge in [0.25, 0.3) is 0 Å². The van der Waals surface area contributed by atoms with Crippen molar-refractivity contribution in [2.45, 2.75) is 57.9 Å². The number of rotatable bonds is 4. The van der Waals surface area contributed by atoms with E-state index < -0.39 is 6.09 Å². The minimum absolute atomic E-state index is 0.179. The fourth-order valence-corrected chi connectivity index (χ4v) is 3.53. The van der Waals surface area contributed by atoms with Gasteiger partial charge in [-0.2, -0.15) is 0 Å². The van der Waals surface area contributed by atoms with Crippen LogP contribution in [0.3, 0.4) is 0 Å². The van der Waals surface area contributed by atoms with Crippen molar-refractivity contribution in [3.05, 3.63) is 0 Å². The third kappa shape index (κ3) is 3.87. The van der Waals surface area contributed by atoms with Crippen molar-refractivity contribution in [3.63, 3.8) is 0 Å². The smallest absolute Gasteiger partial charge is 0.407 e. The van der Waals surface area contributed by atoms with Crippen LogP contribution in [0.1, 0.15) is 51.9 Å². The van der Waals surface area contributed by atoms with Gasteiger partial charge in [0.1, 0.15) is 0 Å². The van der Waals surface area contributed by atoms with Crippen molar-refractivity contribution in [1.29, 1.82) is 0 Å². The maximum atomic E-state index is 12.3. The Hall–Kier alpha value is -1.26. The second kappa shape index (κ2) is 7.50. The lowest BCUT2D eigenvalue weighted by Gasteiger charge is -2.44. The molecule has 5 nitrogen and oxygen atoms in total. The van der Waals surface area contributed by atoms with E-state index in [-0.39, 0.29) is 5.91 Å². The molecule has 0 aromatic heterocycles. The van der Waals surface area contributed by atoms with Gasteiger partial charge >= 0.3 is 6.09 Å². The maximum Gasteiger partial charge on any atom is 0.407 e. The summed E-state index contributed by atoms with van der Waals surface area (Å²) in [7, 11) is 0. The van der Waals surface area contributed by atoms with E-state index in [4.69, 9.17) is 4.74 Å². The number of hydrogen-bond donors (Lipinski definition) is 1. The molecule has 2 atom stereocenters. The number of piperidine rings is 1. The number of alkyl carbamates (subject to hydrolysis) is 1. The zero-order valence-electron chi connectivity index (χ0n) is 12.4. The zero-order valence-corrected chi connectivity index (χ0v) is 12.4. The van der Waals surface area contributed by atoms with Crippen molar-refractivity contribution in [2.24, 2.45) is 5.92 Å². The van der Waals surface area contributed by atoms with Gasteiger partial charge in [0.2, 0.25) is 5.91 Å². The van der Waals surface area contributed by atoms with Crippen molar-refractivity contribution in [3.8, 4) is 0 Å². The average Bonchev–Trinajstić information content (AvgIpc) is 2.47. The molecule has 0 spiro atoms. The second-order valence-electron chi connectivity index (χ2n) is 5.74. The Bertz CT molecular complexity index is 344. The quantitative estimate of drug-likeness (QED) is 0.860. The van der Waals surface area contributed by atoms with Crippen LogP contribution < -0.4 is 5.32 Å². The SMILES string of the molecule is CCOC(=O)NCCC(=O)N1CCC[C@@H]2CCCC[C@H]21. The van der Waals surface area contributed by atoms with E-state index in [1.807, 2.05) is 0 Å². The van der Waals surface area contributed by atoms with Crippen LogP contribution >= 0.6 is 0 Å². The molecule has 1 saturated heterocycles. The first kappa shape index (κ1) is 15.1. The number of hydrogen-bond acceptors (Lipinski definition) is 3. The molecule has 0 radical (unpaired) electrons. The lowest BCUT2D eigenvalue weighted by atomic mass is 9.78. The predicted octanol–water partition coefficient (Wildman–Crippen LogP) is 2.30. The second-order valence-corrected chi connectivity index (χ2v) is 5.74. The number of carbonyl (C=O) groups is 2. The zero-order chi connectivity index (χ0) is 14.4. The molecule has 2 rings (SSSR count). The summed E-state index contributed by atoms with van der Waals surface area (Å²) in [6, 6.07) is 0.451. The van der Waals surface area contributed by atoms with Crippen LogP contribution in [0.5, 0.6) is 0 Å². The van der Waals surface area contributed by atoms with E-state index in [0.29, 0.717) is 31.5 Å². The van der Waals surface area contributed by atoms with Crippen LogP contribution in [0.25, 0.3) is 0 Å². The molecule has 1 aliphatic heterocycles. The monoisotopic (exact) mass is 282 g/mol. The Morgan fingerprint density at radius 1 is 1.20 bits per heavy atom. The van der Waals surface area contributed by atoms with Crippen LogP contribution in [0.4, 0.5) is 4.79 Å². The molecule has 20 heavy (non-hydrogen) atoms. The molecule has 0 aromatic rings. The Balaban J connectivity index is 1.77. The van der Waals surface area contributed by atoms with Crippen molar-refractivity contribution < 1.29 is 14.3 Å². The Morgan fingerprint density at radius 3 is 2.75 bits per heavy atom. The summed E-state index contributed by atoms with van der Waals surface area (Å²) in [5, 5.41) is 2.62. The van der Waals surface area contributed by atoms with Crippen LogP contribution in [-0.4, -0.2) is 42.6 Å². The number of fused-ring (bicyclic) bond motifs is 1. The van der Waals surface area contributed by atoms with Crippen molar-refractivity contribution in [2.75, 3.05) is 19.7 Å². The van der Waals surface area contributed by atoms with Gasteiger partial charge in [0.15, 0.2) is 0 Å². The minimum atomic E-state index is -0.436. The van der Waals surface area contributed by atoms with Gasteiger partial charge in [-0.05, 0) is 38.5 Å². The third-order valence-electron chi connectivity index (χ3n) is 4.45. The molecule has 1 aliphatic carbocycles. The summed E-state index contributed by atoms with van der Waals surface area (Å²) in [6.07, 6.45) is 7.32. The summed E-state index contributed by atoms with van der Waals surface area (Å²) in [5.41, 5.74) is 0. The van der Waals surface area contributed by atoms with Gasteiger partial charge in [-0.3, -0.25) is 4.79 Å². The van der Waals surface area contributed by atoms with E-state index in [1.165, 1.54) is 25.7 Å². The van der Waals surface area contributed by atoms with Crippen LogP contribution in [0, 0.1) is 5.92 Å². The number of amides is 2. The first-order valence-corrected chi connectivity index (χ1v) is 7.92. The summed E-state index contributed by atoms with van der Waals surface area (Å²) >= 11 is 0. The average molecular weight is 282 g/mol. The van der Waals surface area contributed by atoms with Crippen molar-refractivity contribution >= 4 is 12.0 Å². The molecular formula is C15H26N2O3. The van der Waals surface area contributed by atoms with Gasteiger partial charge in [-0.25, -0.2) is 4.79 Å². The molecule has 2 aliphatic rings. The molecule has 2 fully saturated rings. The molecule has 114 valence electrons. The minimum Gasteiger partial charge on any atom is -0.450 e. The van der Waals surface area contributed by atoms with Crippen LogP contribution in [0.2, 0.25) is 0 Å². The number of likely N-dealkylation sites (tertiary alicyclic amines) is 1. The highest BCUT2D eigenvalue weighted by molar-refractivity contribution is 5.77. The first-order valence-electron chi connectivity index (χ1n) is 7.92. The highest BCUT2D eigenvalue weighted by Crippen LogP contribution is 2.35. The van der Waals surface area contributed by atoms with Gasteiger partial charge in [0.05, 0.1) is 6.61 Å². The summed E-state index contributed by atoms with van der Waals surface area (Å²) < 4.78 is 4.78. The number of nitrogens with one attached hydrogen (secondary N) is 1. The van der Waals surface area contributed by atoms with E-state index in [1.54, 1.807) is 6.92 Å². The topological polar surface area (TPSA) is 58.6 Å². The number of nitrogens with zero attached hydrogens (tertiary/aromatic N) is 1. The first-order chi connectivity index (χ1) is 9.72. The fourth-order valence-electron chi connectivity index (χ4n) is 3.53. The molecule has 1 heterocycles. The van der Waals surface area contributed by atoms with E-state index >= 15 is 0 Å². The largest absolute Gasteiger partial charge is 0.450 e. The standard InChI is InChI=1S/C15H26N2O3/c1-2-20-15(19)16-10-9-14(18)17-11-5-7-12-6-3-4-8-13(12)17/h12-13H,2-11H2,1H3,(H,16,19)/t12-,13+/m0/s1. The van der Waals surface area contributed by atoms with E-state index in [0.717, 1.165) is 19.4 Å². The molecular weight excluding hydrogens is 256 g/mol. The Kier molecular flexibility index (Phi) is 5.68. The van der Waals surface area contributed by atoms with E-state index in [2.05, 4.69) is 10.2 Å². The fraction of sp³-hybridized carbons (Fsp3) is 0.867. The van der Waals surface area contributed by atoms with Gasteiger partial charge in [-0.1, -0.05) is 12.8 Å². The molecule has 1 N–H and O–H groups in total. The van der Waals surface area contributed by atoms with Gasteiger partial charge in [-0.15, -0.1) is 0 Å². The Labute approximate surface area is 121 Å². The number of ether oxygens (including phenoxy) is 1. The van der Waals surface area contributed by atoms with E-state index in [9.17, 15) is 9.59 Å². The summed E-state index contributed by atoms with van der Waals surface area (Å²) in [5.74, 6) is 0.887. The molecule has 1 saturated carbocycles. The Morgan fingerprint density at radius 2 is 1.95 bits per heavy atom. The molecule has 5 heteroatoms. The third-order valence-corrected chi connectivity index (χ3v) is 4.45. The van der Waals surface area contributed by atoms with Gasteiger partial charge < -0.3 is 15.0 Å².